The van der Waals surface area contributed by atoms with Crippen LogP contribution in [0, 0.1) is 0 Å². The van der Waals surface area contributed by atoms with E-state index in [0.29, 0.717) is 17.2 Å². The summed E-state index contributed by atoms with van der Waals surface area (Å²) in [4.78, 5) is 12.8. The van der Waals surface area contributed by atoms with E-state index >= 15 is 0 Å². The first-order chi connectivity index (χ1) is 11.9. The van der Waals surface area contributed by atoms with Crippen molar-refractivity contribution in [1.82, 2.24) is 5.32 Å². The lowest BCUT2D eigenvalue weighted by molar-refractivity contribution is -0.121. The molecule has 6 heteroatoms. The maximum atomic E-state index is 13.1. The van der Waals surface area contributed by atoms with Crippen LogP contribution in [0.15, 0.2) is 46.7 Å². The molecule has 2 rings (SSSR count). The molecule has 0 saturated carbocycles. The van der Waals surface area contributed by atoms with E-state index < -0.39 is 15.1 Å². The number of hydrogen-bond acceptors (Lipinski definition) is 4. The molecule has 0 radical (unpaired) electrons. The molecule has 136 valence electrons. The van der Waals surface area contributed by atoms with Crippen molar-refractivity contribution < 1.29 is 13.2 Å². The van der Waals surface area contributed by atoms with Gasteiger partial charge in [-0.2, -0.15) is 0 Å². The van der Waals surface area contributed by atoms with E-state index in [0.717, 1.165) is 16.9 Å². The first-order valence-corrected chi connectivity index (χ1v) is 10.9. The molecule has 2 aromatic rings. The van der Waals surface area contributed by atoms with Gasteiger partial charge < -0.3 is 5.32 Å². The zero-order chi connectivity index (χ0) is 18.4. The second kappa shape index (κ2) is 8.63. The van der Waals surface area contributed by atoms with E-state index in [2.05, 4.69) is 19.2 Å². The van der Waals surface area contributed by atoms with Crippen LogP contribution in [0.1, 0.15) is 55.2 Å². The molecule has 0 aliphatic carbocycles. The van der Waals surface area contributed by atoms with Gasteiger partial charge in [0, 0.05) is 17.8 Å². The van der Waals surface area contributed by atoms with Crippen molar-refractivity contribution in [3.63, 3.8) is 0 Å². The third-order valence-electron chi connectivity index (χ3n) is 4.07. The van der Waals surface area contributed by atoms with Crippen molar-refractivity contribution >= 4 is 27.1 Å². The zero-order valence-corrected chi connectivity index (χ0v) is 16.5. The SMILES string of the molecule is CCCC(=O)NC[C@H](c1cccs1)S(=O)(=O)c1ccc(C(C)C)cc1. The minimum atomic E-state index is -3.58. The topological polar surface area (TPSA) is 63.2 Å². The van der Waals surface area contributed by atoms with Gasteiger partial charge in [-0.25, -0.2) is 8.42 Å². The Morgan fingerprint density at radius 2 is 1.84 bits per heavy atom. The van der Waals surface area contributed by atoms with E-state index in [1.54, 1.807) is 18.2 Å². The van der Waals surface area contributed by atoms with Crippen LogP contribution in [0.2, 0.25) is 0 Å². The molecule has 0 aliphatic rings. The van der Waals surface area contributed by atoms with E-state index in [-0.39, 0.29) is 12.5 Å². The first-order valence-electron chi connectivity index (χ1n) is 8.50. The number of carbonyl (C=O) groups is 1. The average molecular weight is 380 g/mol. The Hall–Kier alpha value is -1.66. The third-order valence-corrected chi connectivity index (χ3v) is 7.31. The predicted octanol–water partition coefficient (Wildman–Crippen LogP) is 4.30. The van der Waals surface area contributed by atoms with Crippen LogP contribution in [0.25, 0.3) is 0 Å². The monoisotopic (exact) mass is 379 g/mol. The molecule has 0 aliphatic heterocycles. The third kappa shape index (κ3) is 4.92. The summed E-state index contributed by atoms with van der Waals surface area (Å²) < 4.78 is 26.3. The van der Waals surface area contributed by atoms with E-state index in [1.807, 2.05) is 30.5 Å². The van der Waals surface area contributed by atoms with Crippen LogP contribution in [0.3, 0.4) is 0 Å². The summed E-state index contributed by atoms with van der Waals surface area (Å²) in [5.41, 5.74) is 1.10. The van der Waals surface area contributed by atoms with Gasteiger partial charge in [0.15, 0.2) is 9.84 Å². The summed E-state index contributed by atoms with van der Waals surface area (Å²) >= 11 is 1.40. The van der Waals surface area contributed by atoms with Gasteiger partial charge in [-0.05, 0) is 41.5 Å². The largest absolute Gasteiger partial charge is 0.354 e. The van der Waals surface area contributed by atoms with E-state index in [4.69, 9.17) is 0 Å². The maximum absolute atomic E-state index is 13.1. The number of amides is 1. The van der Waals surface area contributed by atoms with Gasteiger partial charge in [0.2, 0.25) is 5.91 Å². The normalized spacial score (nSPS) is 13.0. The van der Waals surface area contributed by atoms with Gasteiger partial charge in [0.25, 0.3) is 0 Å². The fourth-order valence-corrected chi connectivity index (χ4v) is 5.35. The Kier molecular flexibility index (Phi) is 6.79. The lowest BCUT2D eigenvalue weighted by Gasteiger charge is -2.18. The second-order valence-corrected chi connectivity index (χ2v) is 9.44. The Bertz CT molecular complexity index is 779. The second-order valence-electron chi connectivity index (χ2n) is 6.33. The molecule has 25 heavy (non-hydrogen) atoms. The number of rotatable bonds is 8. The minimum Gasteiger partial charge on any atom is -0.354 e. The standard InChI is InChI=1S/C19H25NO3S2/c1-4-6-19(21)20-13-18(17-7-5-12-24-17)25(22,23)16-10-8-15(9-11-16)14(2)3/h5,7-12,14,18H,4,6,13H2,1-3H3,(H,20,21)/t18-/m1/s1. The van der Waals surface area contributed by atoms with Crippen LogP contribution in [0.4, 0.5) is 0 Å². The van der Waals surface area contributed by atoms with Crippen molar-refractivity contribution in [3.8, 4) is 0 Å². The Balaban J connectivity index is 2.30. The molecule has 1 aromatic carbocycles. The summed E-state index contributed by atoms with van der Waals surface area (Å²) in [7, 11) is -3.58. The fraction of sp³-hybridized carbons (Fsp3) is 0.421. The van der Waals surface area contributed by atoms with Crippen molar-refractivity contribution in [1.29, 1.82) is 0 Å². The number of nitrogens with one attached hydrogen (secondary N) is 1. The molecular weight excluding hydrogens is 354 g/mol. The van der Waals surface area contributed by atoms with Gasteiger partial charge in [0.05, 0.1) is 4.90 Å². The molecule has 0 fully saturated rings. The van der Waals surface area contributed by atoms with Crippen LogP contribution in [-0.2, 0) is 14.6 Å². The quantitative estimate of drug-likeness (QED) is 0.744. The number of benzene rings is 1. The Morgan fingerprint density at radius 1 is 1.16 bits per heavy atom. The molecule has 1 aromatic heterocycles. The minimum absolute atomic E-state index is 0.0909. The molecule has 0 saturated heterocycles. The molecular formula is C19H25NO3S2. The number of thiophene rings is 1. The van der Waals surface area contributed by atoms with Gasteiger partial charge in [0.1, 0.15) is 5.25 Å². The van der Waals surface area contributed by atoms with E-state index in [1.165, 1.54) is 11.3 Å². The fourth-order valence-electron chi connectivity index (χ4n) is 2.57. The Labute approximate surface area is 154 Å². The van der Waals surface area contributed by atoms with Crippen molar-refractivity contribution in [3.05, 3.63) is 52.2 Å². The zero-order valence-electron chi connectivity index (χ0n) is 14.9. The van der Waals surface area contributed by atoms with Crippen molar-refractivity contribution in [2.24, 2.45) is 0 Å². The molecule has 1 N–H and O–H groups in total. The highest BCUT2D eigenvalue weighted by atomic mass is 32.2. The lowest BCUT2D eigenvalue weighted by atomic mass is 10.0. The van der Waals surface area contributed by atoms with Gasteiger partial charge in [-0.3, -0.25) is 4.79 Å². The van der Waals surface area contributed by atoms with Crippen LogP contribution in [-0.4, -0.2) is 20.9 Å². The molecule has 0 bridgehead atoms. The summed E-state index contributed by atoms with van der Waals surface area (Å²) in [5.74, 6) is 0.229. The maximum Gasteiger partial charge on any atom is 0.220 e. The van der Waals surface area contributed by atoms with Crippen LogP contribution in [0.5, 0.6) is 0 Å². The summed E-state index contributed by atoms with van der Waals surface area (Å²) in [6.07, 6.45) is 1.14. The summed E-state index contributed by atoms with van der Waals surface area (Å²) in [6, 6.07) is 10.7. The molecule has 4 nitrogen and oxygen atoms in total. The number of sulfone groups is 1. The smallest absolute Gasteiger partial charge is 0.220 e. The highest BCUT2D eigenvalue weighted by Crippen LogP contribution is 2.32. The van der Waals surface area contributed by atoms with E-state index in [9.17, 15) is 13.2 Å². The van der Waals surface area contributed by atoms with Crippen molar-refractivity contribution in [2.45, 2.75) is 49.7 Å². The van der Waals surface area contributed by atoms with Crippen LogP contribution < -0.4 is 5.32 Å². The first kappa shape index (κ1) is 19.7. The Morgan fingerprint density at radius 3 is 2.36 bits per heavy atom. The molecule has 1 atom stereocenters. The highest BCUT2D eigenvalue weighted by molar-refractivity contribution is 7.91. The number of carbonyl (C=O) groups excluding carboxylic acids is 1. The van der Waals surface area contributed by atoms with Gasteiger partial charge >= 0.3 is 0 Å². The van der Waals surface area contributed by atoms with Crippen LogP contribution >= 0.6 is 11.3 Å². The lowest BCUT2D eigenvalue weighted by Crippen LogP contribution is -2.31. The molecule has 1 amide bonds. The van der Waals surface area contributed by atoms with Crippen molar-refractivity contribution in [2.75, 3.05) is 6.54 Å². The summed E-state index contributed by atoms with van der Waals surface area (Å²) in [5, 5.41) is 3.86. The predicted molar refractivity (Wildman–Crippen MR) is 103 cm³/mol. The molecule has 0 unspecified atom stereocenters. The number of hydrogen-bond donors (Lipinski definition) is 1. The molecule has 0 spiro atoms. The summed E-state index contributed by atoms with van der Waals surface area (Å²) in [6.45, 7) is 6.15. The van der Waals surface area contributed by atoms with Gasteiger partial charge in [-0.1, -0.05) is 39.0 Å². The average Bonchev–Trinajstić information content (AvgIpc) is 3.09. The highest BCUT2D eigenvalue weighted by Gasteiger charge is 2.30. The molecule has 1 heterocycles. The van der Waals surface area contributed by atoms with Gasteiger partial charge in [-0.15, -0.1) is 11.3 Å².